The van der Waals surface area contributed by atoms with Gasteiger partial charge in [-0.05, 0) is 18.2 Å². The van der Waals surface area contributed by atoms with Crippen molar-refractivity contribution in [3.63, 3.8) is 0 Å². The lowest BCUT2D eigenvalue weighted by Gasteiger charge is -2.18. The number of fused-ring (bicyclic) bond motifs is 1. The molecule has 0 aliphatic heterocycles. The highest BCUT2D eigenvalue weighted by atomic mass is 16.6. The van der Waals surface area contributed by atoms with Crippen LogP contribution in [0, 0.1) is 10.1 Å². The summed E-state index contributed by atoms with van der Waals surface area (Å²) in [5, 5.41) is 12.8. The summed E-state index contributed by atoms with van der Waals surface area (Å²) in [5.41, 5.74) is 1.29. The van der Waals surface area contributed by atoms with Gasteiger partial charge in [0, 0.05) is 12.1 Å². The van der Waals surface area contributed by atoms with Gasteiger partial charge < -0.3 is 0 Å². The maximum absolute atomic E-state index is 10.9. The third-order valence-electron chi connectivity index (χ3n) is 3.07. The third kappa shape index (κ3) is 2.37. The number of nitro groups is 1. The molecule has 2 N–H and O–H groups in total. The average molecular weight is 281 g/mol. The highest BCUT2D eigenvalue weighted by Crippen LogP contribution is 2.29. The van der Waals surface area contributed by atoms with Crippen LogP contribution in [0.1, 0.15) is 0 Å². The molecular formula is C14H11N5O2. The van der Waals surface area contributed by atoms with E-state index in [1.165, 1.54) is 23.5 Å². The Bertz CT molecular complexity index is 807. The lowest BCUT2D eigenvalue weighted by molar-refractivity contribution is -0.384. The monoisotopic (exact) mass is 281 g/mol. The molecule has 0 unspecified atom stereocenters. The van der Waals surface area contributed by atoms with Crippen LogP contribution in [0.25, 0.3) is 10.9 Å². The summed E-state index contributed by atoms with van der Waals surface area (Å²) >= 11 is 0. The van der Waals surface area contributed by atoms with Crippen LogP contribution in [0.2, 0.25) is 0 Å². The number of nitro benzene ring substituents is 1. The van der Waals surface area contributed by atoms with Gasteiger partial charge in [-0.1, -0.05) is 18.2 Å². The maximum atomic E-state index is 10.9. The Kier molecular flexibility index (Phi) is 3.17. The molecule has 0 aliphatic rings. The number of anilines is 2. The van der Waals surface area contributed by atoms with Crippen LogP contribution >= 0.6 is 0 Å². The Morgan fingerprint density at radius 2 is 1.86 bits per heavy atom. The molecule has 0 spiro atoms. The number of hydrogen-bond donors (Lipinski definition) is 1. The van der Waals surface area contributed by atoms with Gasteiger partial charge in [-0.15, -0.1) is 0 Å². The van der Waals surface area contributed by atoms with Gasteiger partial charge in [-0.3, -0.25) is 15.1 Å². The minimum atomic E-state index is -0.459. The number of benzene rings is 2. The Morgan fingerprint density at radius 3 is 2.57 bits per heavy atom. The molecule has 1 heterocycles. The second-order valence-corrected chi connectivity index (χ2v) is 4.36. The molecule has 3 aromatic rings. The predicted octanol–water partition coefficient (Wildman–Crippen LogP) is 2.55. The molecule has 21 heavy (non-hydrogen) atoms. The predicted molar refractivity (Wildman–Crippen MR) is 79.0 cm³/mol. The van der Waals surface area contributed by atoms with Crippen LogP contribution < -0.4 is 10.9 Å². The largest absolute Gasteiger partial charge is 0.270 e. The Hall–Kier alpha value is -3.06. The molecule has 7 nitrogen and oxygen atoms in total. The molecule has 0 aliphatic carbocycles. The van der Waals surface area contributed by atoms with Crippen LogP contribution in [0.4, 0.5) is 17.2 Å². The fourth-order valence-electron chi connectivity index (χ4n) is 2.05. The molecule has 7 heteroatoms. The molecule has 0 atom stereocenters. The zero-order valence-electron chi connectivity index (χ0n) is 10.9. The first-order valence-corrected chi connectivity index (χ1v) is 6.16. The number of non-ortho nitro benzene ring substituents is 1. The zero-order valence-corrected chi connectivity index (χ0v) is 10.9. The van der Waals surface area contributed by atoms with Crippen molar-refractivity contribution in [2.45, 2.75) is 0 Å². The summed E-state index contributed by atoms with van der Waals surface area (Å²) in [5.74, 6) is 6.49. The lowest BCUT2D eigenvalue weighted by atomic mass is 10.2. The summed E-state index contributed by atoms with van der Waals surface area (Å²) in [6.07, 6.45) is 1.38. The highest BCUT2D eigenvalue weighted by Gasteiger charge is 2.14. The smallest absolute Gasteiger partial charge is 0.262 e. The first kappa shape index (κ1) is 12.9. The summed E-state index contributed by atoms with van der Waals surface area (Å²) in [6, 6.07) is 13.6. The minimum absolute atomic E-state index is 0.0278. The molecule has 0 saturated heterocycles. The van der Waals surface area contributed by atoms with E-state index in [1.807, 2.05) is 30.3 Å². The summed E-state index contributed by atoms with van der Waals surface area (Å²) in [4.78, 5) is 18.7. The molecule has 0 amide bonds. The van der Waals surface area contributed by atoms with E-state index >= 15 is 0 Å². The lowest BCUT2D eigenvalue weighted by Crippen LogP contribution is -2.26. The van der Waals surface area contributed by atoms with Crippen molar-refractivity contribution in [1.29, 1.82) is 0 Å². The molecule has 0 fully saturated rings. The SMILES string of the molecule is NN(c1ccccc1)c1ncnc2ccc([N+](=O)[O-])cc12. The van der Waals surface area contributed by atoms with Crippen molar-refractivity contribution in [3.05, 3.63) is 65.0 Å². The van der Waals surface area contributed by atoms with Crippen LogP contribution in [0.15, 0.2) is 54.9 Å². The minimum Gasteiger partial charge on any atom is -0.262 e. The molecule has 0 bridgehead atoms. The van der Waals surface area contributed by atoms with Crippen LogP contribution in [-0.4, -0.2) is 14.9 Å². The van der Waals surface area contributed by atoms with Crippen LogP contribution in [0.5, 0.6) is 0 Å². The van der Waals surface area contributed by atoms with Gasteiger partial charge in [-0.2, -0.15) is 0 Å². The topological polar surface area (TPSA) is 98.2 Å². The summed E-state index contributed by atoms with van der Waals surface area (Å²) in [6.45, 7) is 0. The quantitative estimate of drug-likeness (QED) is 0.450. The van der Waals surface area contributed by atoms with Gasteiger partial charge in [0.25, 0.3) is 5.69 Å². The molecule has 104 valence electrons. The number of nitrogens with zero attached hydrogens (tertiary/aromatic N) is 4. The van der Waals surface area contributed by atoms with E-state index in [2.05, 4.69) is 9.97 Å². The normalized spacial score (nSPS) is 10.5. The van der Waals surface area contributed by atoms with Crippen molar-refractivity contribution in [3.8, 4) is 0 Å². The number of aromatic nitrogens is 2. The second-order valence-electron chi connectivity index (χ2n) is 4.36. The number of hydrazine groups is 1. The van der Waals surface area contributed by atoms with Gasteiger partial charge in [0.05, 0.1) is 21.5 Å². The van der Waals surface area contributed by atoms with E-state index in [0.29, 0.717) is 16.7 Å². The molecule has 2 aromatic carbocycles. The molecular weight excluding hydrogens is 270 g/mol. The molecule has 3 rings (SSSR count). The van der Waals surface area contributed by atoms with E-state index in [0.717, 1.165) is 5.69 Å². The summed E-state index contributed by atoms with van der Waals surface area (Å²) in [7, 11) is 0. The fraction of sp³-hybridized carbons (Fsp3) is 0. The van der Waals surface area contributed by atoms with Gasteiger partial charge in [0.15, 0.2) is 5.82 Å². The van der Waals surface area contributed by atoms with Crippen LogP contribution in [0.3, 0.4) is 0 Å². The van der Waals surface area contributed by atoms with Crippen molar-refractivity contribution in [2.75, 3.05) is 5.01 Å². The van der Waals surface area contributed by atoms with E-state index in [1.54, 1.807) is 6.07 Å². The number of rotatable bonds is 3. The first-order chi connectivity index (χ1) is 10.2. The van der Waals surface area contributed by atoms with Gasteiger partial charge >= 0.3 is 0 Å². The molecule has 1 aromatic heterocycles. The van der Waals surface area contributed by atoms with Crippen molar-refractivity contribution in [2.24, 2.45) is 5.84 Å². The van der Waals surface area contributed by atoms with Gasteiger partial charge in [0.1, 0.15) is 6.33 Å². The Labute approximate surface area is 119 Å². The average Bonchev–Trinajstić information content (AvgIpc) is 2.54. The van der Waals surface area contributed by atoms with Crippen molar-refractivity contribution < 1.29 is 4.92 Å². The summed E-state index contributed by atoms with van der Waals surface area (Å²) < 4.78 is 0. The highest BCUT2D eigenvalue weighted by molar-refractivity contribution is 5.92. The number of hydrogen-bond acceptors (Lipinski definition) is 6. The third-order valence-corrected chi connectivity index (χ3v) is 3.07. The number of nitrogens with two attached hydrogens (primary N) is 1. The second kappa shape index (κ2) is 5.14. The van der Waals surface area contributed by atoms with Crippen molar-refractivity contribution in [1.82, 2.24) is 9.97 Å². The Balaban J connectivity index is 2.18. The first-order valence-electron chi connectivity index (χ1n) is 6.16. The van der Waals surface area contributed by atoms with Crippen LogP contribution in [-0.2, 0) is 0 Å². The molecule has 0 radical (unpaired) electrons. The van der Waals surface area contributed by atoms with E-state index in [4.69, 9.17) is 5.84 Å². The van der Waals surface area contributed by atoms with E-state index in [-0.39, 0.29) is 5.69 Å². The fourth-order valence-corrected chi connectivity index (χ4v) is 2.05. The van der Waals surface area contributed by atoms with Gasteiger partial charge in [-0.25, -0.2) is 15.8 Å². The zero-order chi connectivity index (χ0) is 14.8. The van der Waals surface area contributed by atoms with Crippen molar-refractivity contribution >= 4 is 28.1 Å². The number of para-hydroxylation sites is 1. The maximum Gasteiger partial charge on any atom is 0.270 e. The Morgan fingerprint density at radius 1 is 1.10 bits per heavy atom. The standard InChI is InChI=1S/C14H11N5O2/c15-18(10-4-2-1-3-5-10)14-12-8-11(19(20)21)6-7-13(12)16-9-17-14/h1-9H,15H2. The van der Waals surface area contributed by atoms with E-state index < -0.39 is 4.92 Å². The van der Waals surface area contributed by atoms with Gasteiger partial charge in [0.2, 0.25) is 0 Å². The molecule has 0 saturated carbocycles. The van der Waals surface area contributed by atoms with E-state index in [9.17, 15) is 10.1 Å².